The van der Waals surface area contributed by atoms with Crippen LogP contribution in [-0.4, -0.2) is 56.5 Å². The topological polar surface area (TPSA) is 114 Å². The Labute approximate surface area is 159 Å². The lowest BCUT2D eigenvalue weighted by molar-refractivity contribution is -0.146. The van der Waals surface area contributed by atoms with Crippen LogP contribution in [0.2, 0.25) is 0 Å². The van der Waals surface area contributed by atoms with Crippen LogP contribution < -0.4 is 0 Å². The molecular weight excluding hydrogens is 368 g/mol. The lowest BCUT2D eigenvalue weighted by atomic mass is 9.98. The van der Waals surface area contributed by atoms with Crippen molar-refractivity contribution in [2.24, 2.45) is 0 Å². The summed E-state index contributed by atoms with van der Waals surface area (Å²) in [6, 6.07) is 7.38. The maximum Gasteiger partial charge on any atom is 0.345 e. The second-order valence-corrected chi connectivity index (χ2v) is 6.52. The van der Waals surface area contributed by atoms with Crippen molar-refractivity contribution in [2.45, 2.75) is 25.2 Å². The number of amides is 2. The number of aromatic nitrogens is 2. The number of benzene rings is 1. The van der Waals surface area contributed by atoms with Gasteiger partial charge in [0.25, 0.3) is 0 Å². The summed E-state index contributed by atoms with van der Waals surface area (Å²) < 4.78 is 6.08. The Morgan fingerprint density at radius 2 is 2.04 bits per heavy atom. The molecule has 1 aromatic heterocycles. The van der Waals surface area contributed by atoms with E-state index in [-0.39, 0.29) is 19.7 Å². The quantitative estimate of drug-likeness (QED) is 0.740. The first-order valence-corrected chi connectivity index (χ1v) is 8.63. The Hall–Kier alpha value is -3.40. The van der Waals surface area contributed by atoms with Gasteiger partial charge in [-0.05, 0) is 5.56 Å². The Bertz CT molecular complexity index is 927. The summed E-state index contributed by atoms with van der Waals surface area (Å²) in [5.74, 6) is -1.70. The molecule has 0 aliphatic carbocycles. The van der Waals surface area contributed by atoms with E-state index in [1.807, 2.05) is 30.3 Å². The number of rotatable bonds is 6. The number of carboxylic acids is 1. The monoisotopic (exact) mass is 386 g/mol. The number of carboxylic acid groups (broad SMARTS) is 1. The van der Waals surface area contributed by atoms with E-state index < -0.39 is 30.1 Å². The van der Waals surface area contributed by atoms with Crippen molar-refractivity contribution in [1.82, 2.24) is 19.7 Å². The molecule has 2 aliphatic heterocycles. The molecule has 3 heterocycles. The molecule has 28 heavy (non-hydrogen) atoms. The maximum atomic E-state index is 12.9. The van der Waals surface area contributed by atoms with Gasteiger partial charge in [-0.25, -0.2) is 9.59 Å². The molecule has 2 bridgehead atoms. The average molecular weight is 386 g/mol. The van der Waals surface area contributed by atoms with Crippen molar-refractivity contribution < 1.29 is 29.1 Å². The number of hydrogen-bond acceptors (Lipinski definition) is 6. The van der Waals surface area contributed by atoms with Gasteiger partial charge in [-0.1, -0.05) is 30.3 Å². The highest BCUT2D eigenvalue weighted by molar-refractivity contribution is 5.87. The number of carbonyl (C=O) groups is 3. The molecule has 146 valence electrons. The van der Waals surface area contributed by atoms with E-state index in [0.29, 0.717) is 11.3 Å². The summed E-state index contributed by atoms with van der Waals surface area (Å²) in [7, 11) is 1.23. The number of urea groups is 1. The van der Waals surface area contributed by atoms with Crippen LogP contribution in [0.4, 0.5) is 4.79 Å². The third-order valence-electron chi connectivity index (χ3n) is 4.77. The number of aliphatic carboxylic acids is 1. The zero-order chi connectivity index (χ0) is 19.8. The minimum absolute atomic E-state index is 0.179. The molecule has 2 atom stereocenters. The smallest absolute Gasteiger partial charge is 0.345 e. The molecule has 10 nitrogen and oxygen atoms in total. The molecule has 2 amide bonds. The third kappa shape index (κ3) is 2.97. The van der Waals surface area contributed by atoms with E-state index >= 15 is 0 Å². The molecular formula is C18H18N4O6. The predicted octanol–water partition coefficient (Wildman–Crippen LogP) is 1.11. The largest absolute Gasteiger partial charge is 0.480 e. The predicted molar refractivity (Wildman–Crippen MR) is 92.5 cm³/mol. The molecule has 10 heteroatoms. The average Bonchev–Trinajstić information content (AvgIpc) is 3.21. The van der Waals surface area contributed by atoms with E-state index in [2.05, 4.69) is 5.10 Å². The van der Waals surface area contributed by atoms with Crippen LogP contribution in [0.3, 0.4) is 0 Å². The molecule has 0 spiro atoms. The van der Waals surface area contributed by atoms with Gasteiger partial charge in [-0.15, -0.1) is 0 Å². The minimum atomic E-state index is -1.06. The summed E-state index contributed by atoms with van der Waals surface area (Å²) in [6.45, 7) is 0.0456. The normalized spacial score (nSPS) is 20.2. The van der Waals surface area contributed by atoms with Crippen LogP contribution in [0.5, 0.6) is 0 Å². The zero-order valence-electron chi connectivity index (χ0n) is 15.0. The van der Waals surface area contributed by atoms with Crippen molar-refractivity contribution >= 4 is 18.0 Å². The lowest BCUT2D eigenvalue weighted by Gasteiger charge is -2.27. The van der Waals surface area contributed by atoms with E-state index in [1.165, 1.54) is 21.8 Å². The molecule has 2 aliphatic rings. The number of fused-ring (bicyclic) bond motifs is 4. The molecule has 0 unspecified atom stereocenters. The molecule has 1 saturated heterocycles. The second kappa shape index (κ2) is 6.97. The van der Waals surface area contributed by atoms with Crippen LogP contribution in [0.15, 0.2) is 36.5 Å². The van der Waals surface area contributed by atoms with E-state index in [4.69, 9.17) is 14.7 Å². The zero-order valence-corrected chi connectivity index (χ0v) is 15.0. The van der Waals surface area contributed by atoms with E-state index in [1.54, 1.807) is 6.20 Å². The molecule has 4 rings (SSSR count). The number of esters is 1. The third-order valence-corrected chi connectivity index (χ3v) is 4.77. The van der Waals surface area contributed by atoms with Crippen LogP contribution in [0.25, 0.3) is 0 Å². The van der Waals surface area contributed by atoms with Gasteiger partial charge >= 0.3 is 18.0 Å². The van der Waals surface area contributed by atoms with Crippen LogP contribution >= 0.6 is 0 Å². The van der Waals surface area contributed by atoms with Gasteiger partial charge in [0.05, 0.1) is 13.7 Å². The van der Waals surface area contributed by atoms with Gasteiger partial charge in [-0.2, -0.15) is 10.2 Å². The Morgan fingerprint density at radius 1 is 1.29 bits per heavy atom. The highest BCUT2D eigenvalue weighted by Crippen LogP contribution is 2.43. The van der Waals surface area contributed by atoms with Crippen molar-refractivity contribution in [2.75, 3.05) is 13.7 Å². The van der Waals surface area contributed by atoms with Crippen molar-refractivity contribution in [3.63, 3.8) is 0 Å². The van der Waals surface area contributed by atoms with Gasteiger partial charge in [0.2, 0.25) is 0 Å². The van der Waals surface area contributed by atoms with Crippen molar-refractivity contribution in [1.29, 1.82) is 0 Å². The maximum absolute atomic E-state index is 12.9. The fraction of sp³-hybridized carbons (Fsp3) is 0.333. The summed E-state index contributed by atoms with van der Waals surface area (Å²) >= 11 is 0. The summed E-state index contributed by atoms with van der Waals surface area (Å²) in [6.07, 6.45) is 1.54. The lowest BCUT2D eigenvalue weighted by Crippen LogP contribution is -2.39. The van der Waals surface area contributed by atoms with Gasteiger partial charge in [0.1, 0.15) is 24.9 Å². The summed E-state index contributed by atoms with van der Waals surface area (Å²) in [5, 5.41) is 14.5. The standard InChI is InChI=1S/C18H18N4O6/c1-27-17(25)16-15-12(7-20(19-15)9-14(23)24)13-8-21(16)18(26)22(13)28-10-11-5-3-2-4-6-11/h2-7,13,16H,8-10H2,1H3,(H,23,24)/t13-,16-/m0/s1. The molecule has 1 aromatic carbocycles. The molecule has 1 N–H and O–H groups in total. The number of methoxy groups -OCH3 is 1. The Balaban J connectivity index is 1.66. The number of carbonyl (C=O) groups excluding carboxylic acids is 2. The first kappa shape index (κ1) is 18.0. The van der Waals surface area contributed by atoms with Gasteiger partial charge in [-0.3, -0.25) is 14.3 Å². The van der Waals surface area contributed by atoms with Crippen molar-refractivity contribution in [3.05, 3.63) is 53.3 Å². The second-order valence-electron chi connectivity index (χ2n) is 6.52. The molecule has 0 saturated carbocycles. The first-order chi connectivity index (χ1) is 13.5. The van der Waals surface area contributed by atoms with Gasteiger partial charge < -0.3 is 14.7 Å². The summed E-state index contributed by atoms with van der Waals surface area (Å²) in [4.78, 5) is 43.3. The van der Waals surface area contributed by atoms with E-state index in [9.17, 15) is 14.4 Å². The fourth-order valence-electron chi connectivity index (χ4n) is 3.54. The Morgan fingerprint density at radius 3 is 2.71 bits per heavy atom. The molecule has 2 aromatic rings. The minimum Gasteiger partial charge on any atom is -0.480 e. The SMILES string of the molecule is COC(=O)[C@@H]1c2nn(CC(=O)O)cc2[C@@H]2CN1C(=O)N2OCc1ccccc1. The number of nitrogens with zero attached hydrogens (tertiary/aromatic N) is 4. The molecule has 1 fully saturated rings. The first-order valence-electron chi connectivity index (χ1n) is 8.63. The Kier molecular flexibility index (Phi) is 4.47. The van der Waals surface area contributed by atoms with Crippen LogP contribution in [0, 0.1) is 0 Å². The summed E-state index contributed by atoms with van der Waals surface area (Å²) in [5.41, 5.74) is 1.77. The van der Waals surface area contributed by atoms with Gasteiger partial charge in [0.15, 0.2) is 6.04 Å². The van der Waals surface area contributed by atoms with Crippen molar-refractivity contribution in [3.8, 4) is 0 Å². The highest BCUT2D eigenvalue weighted by Gasteiger charge is 2.53. The number of ether oxygens (including phenoxy) is 1. The highest BCUT2D eigenvalue weighted by atomic mass is 16.7. The van der Waals surface area contributed by atoms with Gasteiger partial charge in [0, 0.05) is 11.8 Å². The van der Waals surface area contributed by atoms with E-state index in [0.717, 1.165) is 5.56 Å². The fourth-order valence-corrected chi connectivity index (χ4v) is 3.54. The number of hydroxylamine groups is 2. The van der Waals surface area contributed by atoms with Crippen LogP contribution in [0.1, 0.15) is 28.9 Å². The number of hydrogen-bond donors (Lipinski definition) is 1. The van der Waals surface area contributed by atoms with Crippen LogP contribution in [-0.2, 0) is 32.3 Å². The molecule has 0 radical (unpaired) electrons.